The van der Waals surface area contributed by atoms with Crippen LogP contribution in [0.1, 0.15) is 44.6 Å². The zero-order chi connectivity index (χ0) is 24.9. The van der Waals surface area contributed by atoms with Gasteiger partial charge in [-0.2, -0.15) is 0 Å². The lowest BCUT2D eigenvalue weighted by atomic mass is 9.69. The number of amides is 1. The van der Waals surface area contributed by atoms with Gasteiger partial charge in [0.15, 0.2) is 17.3 Å². The minimum Gasteiger partial charge on any atom is -0.457 e. The normalized spacial score (nSPS) is 20.4. The largest absolute Gasteiger partial charge is 0.457 e. The number of ether oxygens (including phenoxy) is 3. The number of fused-ring (bicyclic) bond motifs is 1. The van der Waals surface area contributed by atoms with E-state index in [0.717, 1.165) is 28.3 Å². The number of ketones is 1. The number of benzene rings is 3. The molecular formula is C30H27NO5. The maximum absolute atomic E-state index is 13.7. The summed E-state index contributed by atoms with van der Waals surface area (Å²) in [6, 6.07) is 22.7. The van der Waals surface area contributed by atoms with Crippen LogP contribution in [-0.4, -0.2) is 18.5 Å². The van der Waals surface area contributed by atoms with Crippen molar-refractivity contribution in [1.82, 2.24) is 0 Å². The molecule has 0 aromatic heterocycles. The zero-order valence-corrected chi connectivity index (χ0v) is 20.3. The van der Waals surface area contributed by atoms with Gasteiger partial charge in [-0.1, -0.05) is 38.1 Å². The predicted molar refractivity (Wildman–Crippen MR) is 135 cm³/mol. The number of carbonyl (C=O) groups is 2. The molecule has 1 amide bonds. The van der Waals surface area contributed by atoms with Crippen LogP contribution in [0.4, 0.5) is 5.69 Å². The quantitative estimate of drug-likeness (QED) is 0.433. The second-order valence-corrected chi connectivity index (χ2v) is 10.3. The molecule has 2 aliphatic heterocycles. The van der Waals surface area contributed by atoms with Crippen LogP contribution in [0.3, 0.4) is 0 Å². The minimum atomic E-state index is -0.303. The maximum atomic E-state index is 13.7. The molecule has 3 aromatic carbocycles. The van der Waals surface area contributed by atoms with Gasteiger partial charge in [0.1, 0.15) is 11.5 Å². The van der Waals surface area contributed by atoms with Crippen molar-refractivity contribution < 1.29 is 23.8 Å². The summed E-state index contributed by atoms with van der Waals surface area (Å²) in [5.74, 6) is 2.54. The standard InChI is InChI=1S/C30H27NO5/c1-30(2)16-24-29(25(32)17-30)23(19-8-13-26-27(14-19)35-18-34-26)15-28(33)31(24)20-9-11-22(12-10-20)36-21-6-4-3-5-7-21/h3-14,23H,15-18H2,1-2H3. The van der Waals surface area contributed by atoms with Gasteiger partial charge < -0.3 is 14.2 Å². The maximum Gasteiger partial charge on any atom is 0.232 e. The highest BCUT2D eigenvalue weighted by Crippen LogP contribution is 2.49. The van der Waals surface area contributed by atoms with Crippen LogP contribution in [0, 0.1) is 5.41 Å². The predicted octanol–water partition coefficient (Wildman–Crippen LogP) is 6.37. The van der Waals surface area contributed by atoms with Crippen molar-refractivity contribution >= 4 is 17.4 Å². The highest BCUT2D eigenvalue weighted by molar-refractivity contribution is 6.07. The average molecular weight is 482 g/mol. The molecule has 36 heavy (non-hydrogen) atoms. The number of hydrogen-bond acceptors (Lipinski definition) is 5. The molecule has 0 saturated heterocycles. The van der Waals surface area contributed by atoms with Crippen molar-refractivity contribution in [3.63, 3.8) is 0 Å². The molecule has 0 spiro atoms. The van der Waals surface area contributed by atoms with Crippen molar-refractivity contribution in [2.24, 2.45) is 5.41 Å². The van der Waals surface area contributed by atoms with Gasteiger partial charge in [-0.3, -0.25) is 14.5 Å². The van der Waals surface area contributed by atoms with Crippen LogP contribution in [0.2, 0.25) is 0 Å². The Morgan fingerprint density at radius 2 is 1.58 bits per heavy atom. The van der Waals surface area contributed by atoms with Crippen molar-refractivity contribution in [2.45, 2.75) is 39.0 Å². The summed E-state index contributed by atoms with van der Waals surface area (Å²) in [5, 5.41) is 0. The second kappa shape index (κ2) is 8.55. The summed E-state index contributed by atoms with van der Waals surface area (Å²) in [7, 11) is 0. The van der Waals surface area contributed by atoms with Gasteiger partial charge >= 0.3 is 0 Å². The average Bonchev–Trinajstić information content (AvgIpc) is 3.32. The summed E-state index contributed by atoms with van der Waals surface area (Å²) in [5.41, 5.74) is 2.94. The van der Waals surface area contributed by atoms with E-state index in [1.807, 2.05) is 72.8 Å². The Bertz CT molecular complexity index is 1370. The number of para-hydroxylation sites is 1. The first-order valence-electron chi connectivity index (χ1n) is 12.2. The number of carbonyl (C=O) groups excluding carboxylic acids is 2. The first-order chi connectivity index (χ1) is 17.4. The number of anilines is 1. The zero-order valence-electron chi connectivity index (χ0n) is 20.3. The van der Waals surface area contributed by atoms with E-state index in [9.17, 15) is 9.59 Å². The number of hydrogen-bond donors (Lipinski definition) is 0. The molecule has 6 rings (SSSR count). The molecular weight excluding hydrogens is 454 g/mol. The van der Waals surface area contributed by atoms with Crippen LogP contribution >= 0.6 is 0 Å². The van der Waals surface area contributed by atoms with Crippen LogP contribution in [0.15, 0.2) is 84.1 Å². The topological polar surface area (TPSA) is 65.1 Å². The fraction of sp³-hybridized carbons (Fsp3) is 0.267. The van der Waals surface area contributed by atoms with E-state index in [1.165, 1.54) is 0 Å². The molecule has 0 N–H and O–H groups in total. The van der Waals surface area contributed by atoms with E-state index in [-0.39, 0.29) is 36.2 Å². The van der Waals surface area contributed by atoms with Gasteiger partial charge in [-0.05, 0) is 65.9 Å². The SMILES string of the molecule is CC1(C)CC(=O)C2=C(C1)N(c1ccc(Oc3ccccc3)cc1)C(=O)CC2c1ccc2c(c1)OCO2. The third-order valence-electron chi connectivity index (χ3n) is 7.02. The Balaban J connectivity index is 1.38. The van der Waals surface area contributed by atoms with Gasteiger partial charge in [0.2, 0.25) is 12.7 Å². The van der Waals surface area contributed by atoms with Crippen molar-refractivity contribution in [3.05, 3.63) is 89.6 Å². The van der Waals surface area contributed by atoms with E-state index in [4.69, 9.17) is 14.2 Å². The lowest BCUT2D eigenvalue weighted by Crippen LogP contribution is -2.43. The number of rotatable bonds is 4. The molecule has 182 valence electrons. The Hall–Kier alpha value is -4.06. The van der Waals surface area contributed by atoms with Gasteiger partial charge in [-0.15, -0.1) is 0 Å². The molecule has 3 aromatic rings. The Morgan fingerprint density at radius 1 is 0.861 bits per heavy atom. The molecule has 1 unspecified atom stereocenters. The molecule has 6 nitrogen and oxygen atoms in total. The lowest BCUT2D eigenvalue weighted by Gasteiger charge is -2.43. The molecule has 6 heteroatoms. The number of Topliss-reactive ketones (excluding diaryl/α,β-unsaturated/α-hetero) is 1. The van der Waals surface area contributed by atoms with Gasteiger partial charge in [-0.25, -0.2) is 0 Å². The Kier molecular flexibility index (Phi) is 5.32. The highest BCUT2D eigenvalue weighted by Gasteiger charge is 2.44. The Labute approximate surface area is 210 Å². The third kappa shape index (κ3) is 4.02. The molecule has 2 heterocycles. The minimum absolute atomic E-state index is 0.0290. The number of nitrogens with zero attached hydrogens (tertiary/aromatic N) is 1. The first kappa shape index (κ1) is 22.4. The fourth-order valence-electron chi connectivity index (χ4n) is 5.42. The summed E-state index contributed by atoms with van der Waals surface area (Å²) >= 11 is 0. The van der Waals surface area contributed by atoms with E-state index < -0.39 is 0 Å². The van der Waals surface area contributed by atoms with Crippen molar-refractivity contribution in [1.29, 1.82) is 0 Å². The molecule has 1 atom stereocenters. The monoisotopic (exact) mass is 481 g/mol. The smallest absolute Gasteiger partial charge is 0.232 e. The lowest BCUT2D eigenvalue weighted by molar-refractivity contribution is -0.121. The molecule has 0 fully saturated rings. The van der Waals surface area contributed by atoms with E-state index >= 15 is 0 Å². The van der Waals surface area contributed by atoms with E-state index in [2.05, 4.69) is 13.8 Å². The molecule has 1 aliphatic carbocycles. The summed E-state index contributed by atoms with van der Waals surface area (Å²) in [4.78, 5) is 28.9. The molecule has 0 bridgehead atoms. The highest BCUT2D eigenvalue weighted by atomic mass is 16.7. The summed E-state index contributed by atoms with van der Waals surface area (Å²) in [6.45, 7) is 4.35. The molecule has 3 aliphatic rings. The summed E-state index contributed by atoms with van der Waals surface area (Å²) < 4.78 is 16.9. The first-order valence-corrected chi connectivity index (χ1v) is 12.2. The van der Waals surface area contributed by atoms with Crippen LogP contribution < -0.4 is 19.1 Å². The molecule has 0 saturated carbocycles. The van der Waals surface area contributed by atoms with Crippen LogP contribution in [0.25, 0.3) is 0 Å². The van der Waals surface area contributed by atoms with E-state index in [1.54, 1.807) is 4.90 Å². The molecule has 0 radical (unpaired) electrons. The van der Waals surface area contributed by atoms with Crippen molar-refractivity contribution in [2.75, 3.05) is 11.7 Å². The van der Waals surface area contributed by atoms with Crippen LogP contribution in [-0.2, 0) is 9.59 Å². The van der Waals surface area contributed by atoms with Gasteiger partial charge in [0.05, 0.1) is 0 Å². The van der Waals surface area contributed by atoms with E-state index in [0.29, 0.717) is 30.1 Å². The fourth-order valence-corrected chi connectivity index (χ4v) is 5.42. The van der Waals surface area contributed by atoms with Gasteiger partial charge in [0, 0.05) is 35.7 Å². The second-order valence-electron chi connectivity index (χ2n) is 10.3. The van der Waals surface area contributed by atoms with Crippen LogP contribution in [0.5, 0.6) is 23.0 Å². The Morgan fingerprint density at radius 3 is 2.36 bits per heavy atom. The third-order valence-corrected chi connectivity index (χ3v) is 7.02. The number of allylic oxidation sites excluding steroid dienone is 2. The summed E-state index contributed by atoms with van der Waals surface area (Å²) in [6.07, 6.45) is 1.31. The van der Waals surface area contributed by atoms with Gasteiger partial charge in [0.25, 0.3) is 0 Å². The van der Waals surface area contributed by atoms with Crippen molar-refractivity contribution in [3.8, 4) is 23.0 Å².